The van der Waals surface area contributed by atoms with E-state index in [0.717, 1.165) is 41.4 Å². The highest BCUT2D eigenvalue weighted by atomic mass is 79.9. The van der Waals surface area contributed by atoms with Crippen LogP contribution >= 0.6 is 15.9 Å². The Balaban J connectivity index is 2.01. The quantitative estimate of drug-likeness (QED) is 0.776. The zero-order valence-corrected chi connectivity index (χ0v) is 16.3. The van der Waals surface area contributed by atoms with Crippen molar-refractivity contribution in [1.29, 1.82) is 0 Å². The fraction of sp³-hybridized carbons (Fsp3) is 0.579. The number of halogens is 1. The Kier molecular flexibility index (Phi) is 6.84. The molecule has 0 saturated heterocycles. The number of nitrogens with one attached hydrogen (secondary N) is 2. The van der Waals surface area contributed by atoms with Crippen molar-refractivity contribution in [1.82, 2.24) is 5.32 Å². The van der Waals surface area contributed by atoms with E-state index in [1.54, 1.807) is 0 Å². The highest BCUT2D eigenvalue weighted by Crippen LogP contribution is 2.24. The van der Waals surface area contributed by atoms with E-state index in [4.69, 9.17) is 0 Å². The van der Waals surface area contributed by atoms with Crippen molar-refractivity contribution in [3.05, 3.63) is 28.2 Å². The molecule has 1 aliphatic rings. The van der Waals surface area contributed by atoms with E-state index in [-0.39, 0.29) is 23.7 Å². The van der Waals surface area contributed by atoms with E-state index in [1.165, 1.54) is 6.42 Å². The summed E-state index contributed by atoms with van der Waals surface area (Å²) < 4.78 is 1.01. The zero-order chi connectivity index (χ0) is 17.7. The first-order chi connectivity index (χ1) is 11.4. The third-order valence-corrected chi connectivity index (χ3v) is 5.54. The third kappa shape index (κ3) is 5.07. The van der Waals surface area contributed by atoms with Gasteiger partial charge in [0.2, 0.25) is 11.8 Å². The fourth-order valence-corrected chi connectivity index (χ4v) is 3.36. The first-order valence-corrected chi connectivity index (χ1v) is 9.55. The number of aryl methyl sites for hydroxylation is 1. The average molecular weight is 395 g/mol. The molecule has 1 saturated carbocycles. The molecule has 0 radical (unpaired) electrons. The van der Waals surface area contributed by atoms with Crippen molar-refractivity contribution in [2.45, 2.75) is 58.9 Å². The molecule has 0 aliphatic heterocycles. The summed E-state index contributed by atoms with van der Waals surface area (Å²) in [6.07, 6.45) is 5.29. The predicted molar refractivity (Wildman–Crippen MR) is 101 cm³/mol. The molecule has 1 aromatic rings. The van der Waals surface area contributed by atoms with Gasteiger partial charge in [0.05, 0.1) is 0 Å². The van der Waals surface area contributed by atoms with Gasteiger partial charge in [-0.15, -0.1) is 0 Å². The molecular weight excluding hydrogens is 368 g/mol. The molecule has 1 atom stereocenters. The van der Waals surface area contributed by atoms with Gasteiger partial charge >= 0.3 is 0 Å². The van der Waals surface area contributed by atoms with Crippen LogP contribution in [0.5, 0.6) is 0 Å². The van der Waals surface area contributed by atoms with Gasteiger partial charge in [-0.05, 0) is 49.4 Å². The number of hydrogen-bond acceptors (Lipinski definition) is 2. The molecule has 1 fully saturated rings. The molecule has 1 aliphatic carbocycles. The lowest BCUT2D eigenvalue weighted by molar-refractivity contribution is -0.130. The molecule has 0 spiro atoms. The fourth-order valence-electron chi connectivity index (χ4n) is 3.11. The van der Waals surface area contributed by atoms with Gasteiger partial charge in [0.25, 0.3) is 0 Å². The minimum Gasteiger partial charge on any atom is -0.344 e. The molecule has 0 heterocycles. The highest BCUT2D eigenvalue weighted by Gasteiger charge is 2.28. The molecule has 4 nitrogen and oxygen atoms in total. The molecule has 2 N–H and O–H groups in total. The minimum absolute atomic E-state index is 0.0236. The first-order valence-electron chi connectivity index (χ1n) is 8.76. The Hall–Kier alpha value is -1.36. The summed E-state index contributed by atoms with van der Waals surface area (Å²) in [5, 5.41) is 5.90. The largest absolute Gasteiger partial charge is 0.344 e. The molecule has 1 aromatic carbocycles. The number of rotatable bonds is 5. The summed E-state index contributed by atoms with van der Waals surface area (Å²) in [5.74, 6) is -0.0387. The Morgan fingerprint density at radius 2 is 1.83 bits per heavy atom. The summed E-state index contributed by atoms with van der Waals surface area (Å²) in [7, 11) is 0. The summed E-state index contributed by atoms with van der Waals surface area (Å²) in [4.78, 5) is 25.1. The summed E-state index contributed by atoms with van der Waals surface area (Å²) in [6.45, 7) is 5.89. The SMILES string of the molecule is Cc1cc(NC(=O)C(NC(=O)C2CCCCC2)C(C)C)ccc1Br. The molecule has 1 unspecified atom stereocenters. The van der Waals surface area contributed by atoms with Crippen LogP contribution in [0, 0.1) is 18.8 Å². The van der Waals surface area contributed by atoms with E-state index < -0.39 is 6.04 Å². The number of carbonyl (C=O) groups excluding carboxylic acids is 2. The first kappa shape index (κ1) is 19.0. The number of benzene rings is 1. The lowest BCUT2D eigenvalue weighted by Gasteiger charge is -2.26. The van der Waals surface area contributed by atoms with E-state index in [1.807, 2.05) is 39.0 Å². The molecule has 0 aromatic heterocycles. The third-order valence-electron chi connectivity index (χ3n) is 4.65. The average Bonchev–Trinajstić information content (AvgIpc) is 2.56. The monoisotopic (exact) mass is 394 g/mol. The number of hydrogen-bond donors (Lipinski definition) is 2. The van der Waals surface area contributed by atoms with E-state index in [9.17, 15) is 9.59 Å². The molecule has 132 valence electrons. The second-order valence-corrected chi connectivity index (χ2v) is 7.87. The van der Waals surface area contributed by atoms with Crippen LogP contribution in [0.2, 0.25) is 0 Å². The van der Waals surface area contributed by atoms with Gasteiger partial charge in [-0.2, -0.15) is 0 Å². The predicted octanol–water partition coefficient (Wildman–Crippen LogP) is 4.42. The van der Waals surface area contributed by atoms with Crippen molar-refractivity contribution < 1.29 is 9.59 Å². The molecule has 5 heteroatoms. The summed E-state index contributed by atoms with van der Waals surface area (Å²) in [6, 6.07) is 5.18. The van der Waals surface area contributed by atoms with Crippen molar-refractivity contribution >= 4 is 33.4 Å². The van der Waals surface area contributed by atoms with Gasteiger partial charge < -0.3 is 10.6 Å². The minimum atomic E-state index is -0.511. The van der Waals surface area contributed by atoms with Crippen molar-refractivity contribution in [2.24, 2.45) is 11.8 Å². The van der Waals surface area contributed by atoms with Crippen LogP contribution in [0.15, 0.2) is 22.7 Å². The van der Waals surface area contributed by atoms with Gasteiger partial charge in [-0.3, -0.25) is 9.59 Å². The van der Waals surface area contributed by atoms with Gasteiger partial charge in [0.1, 0.15) is 6.04 Å². The van der Waals surface area contributed by atoms with Crippen LogP contribution in [0.3, 0.4) is 0 Å². The Labute approximate surface area is 152 Å². The Bertz CT molecular complexity index is 595. The van der Waals surface area contributed by atoms with Gasteiger partial charge in [0, 0.05) is 16.1 Å². The van der Waals surface area contributed by atoms with Crippen LogP contribution in [-0.2, 0) is 9.59 Å². The lowest BCUT2D eigenvalue weighted by atomic mass is 9.88. The van der Waals surface area contributed by atoms with Crippen LogP contribution in [0.1, 0.15) is 51.5 Å². The second kappa shape index (κ2) is 8.65. The highest BCUT2D eigenvalue weighted by molar-refractivity contribution is 9.10. The summed E-state index contributed by atoms with van der Waals surface area (Å²) in [5.41, 5.74) is 1.80. The lowest BCUT2D eigenvalue weighted by Crippen LogP contribution is -2.49. The smallest absolute Gasteiger partial charge is 0.247 e. The van der Waals surface area contributed by atoms with E-state index in [0.29, 0.717) is 0 Å². The zero-order valence-electron chi connectivity index (χ0n) is 14.7. The van der Waals surface area contributed by atoms with Crippen LogP contribution in [0.4, 0.5) is 5.69 Å². The Morgan fingerprint density at radius 3 is 2.42 bits per heavy atom. The van der Waals surface area contributed by atoms with Crippen molar-refractivity contribution in [2.75, 3.05) is 5.32 Å². The maximum Gasteiger partial charge on any atom is 0.247 e. The maximum absolute atomic E-state index is 12.6. The number of anilines is 1. The standard InChI is InChI=1S/C19H27BrN2O2/c1-12(2)17(22-18(23)14-7-5-4-6-8-14)19(24)21-15-9-10-16(20)13(3)11-15/h9-12,14,17H,4-8H2,1-3H3,(H,21,24)(H,22,23). The van der Waals surface area contributed by atoms with Gasteiger partial charge in [0.15, 0.2) is 0 Å². The topological polar surface area (TPSA) is 58.2 Å². The molecular formula is C19H27BrN2O2. The van der Waals surface area contributed by atoms with Gasteiger partial charge in [-0.25, -0.2) is 0 Å². The van der Waals surface area contributed by atoms with E-state index >= 15 is 0 Å². The number of amides is 2. The molecule has 2 amide bonds. The van der Waals surface area contributed by atoms with Crippen molar-refractivity contribution in [3.63, 3.8) is 0 Å². The van der Waals surface area contributed by atoms with E-state index in [2.05, 4.69) is 26.6 Å². The molecule has 0 bridgehead atoms. The van der Waals surface area contributed by atoms with Crippen LogP contribution in [-0.4, -0.2) is 17.9 Å². The molecule has 2 rings (SSSR count). The Morgan fingerprint density at radius 1 is 1.17 bits per heavy atom. The van der Waals surface area contributed by atoms with Crippen LogP contribution < -0.4 is 10.6 Å². The molecule has 24 heavy (non-hydrogen) atoms. The second-order valence-electron chi connectivity index (χ2n) is 7.02. The normalized spacial score (nSPS) is 16.7. The van der Waals surface area contributed by atoms with Crippen LogP contribution in [0.25, 0.3) is 0 Å². The van der Waals surface area contributed by atoms with Crippen molar-refractivity contribution in [3.8, 4) is 0 Å². The maximum atomic E-state index is 12.6. The van der Waals surface area contributed by atoms with Gasteiger partial charge in [-0.1, -0.05) is 49.0 Å². The number of carbonyl (C=O) groups is 2. The summed E-state index contributed by atoms with van der Waals surface area (Å²) >= 11 is 3.45.